The Balaban J connectivity index is 2.13. The van der Waals surface area contributed by atoms with Crippen LogP contribution >= 0.6 is 11.3 Å². The number of aliphatic hydroxyl groups excluding tert-OH is 1. The molecule has 1 aromatic carbocycles. The van der Waals surface area contributed by atoms with Gasteiger partial charge in [-0.1, -0.05) is 30.3 Å². The molecule has 0 saturated carbocycles. The van der Waals surface area contributed by atoms with Gasteiger partial charge in [0.2, 0.25) is 0 Å². The topological polar surface area (TPSA) is 58.6 Å². The van der Waals surface area contributed by atoms with Crippen LogP contribution in [0, 0.1) is 0 Å². The molecular formula is C14H15NO3S. The first-order valence-corrected chi connectivity index (χ1v) is 6.72. The molecule has 0 aliphatic rings. The number of carbonyl (C=O) groups is 1. The van der Waals surface area contributed by atoms with Crippen LogP contribution in [0.25, 0.3) is 0 Å². The van der Waals surface area contributed by atoms with Gasteiger partial charge in [-0.3, -0.25) is 4.79 Å². The van der Waals surface area contributed by atoms with Crippen molar-refractivity contribution in [3.63, 3.8) is 0 Å². The highest BCUT2D eigenvalue weighted by Crippen LogP contribution is 2.25. The summed E-state index contributed by atoms with van der Waals surface area (Å²) in [5, 5.41) is 14.0. The molecule has 2 N–H and O–H groups in total. The fourth-order valence-electron chi connectivity index (χ4n) is 1.77. The van der Waals surface area contributed by atoms with E-state index in [-0.39, 0.29) is 12.5 Å². The van der Waals surface area contributed by atoms with Crippen molar-refractivity contribution in [1.82, 2.24) is 5.32 Å². The SMILES string of the molecule is COc1ccsc1C(=O)N[C@H](CO)c1ccccc1. The fourth-order valence-corrected chi connectivity index (χ4v) is 2.53. The number of carbonyl (C=O) groups excluding carboxylic acids is 1. The van der Waals surface area contributed by atoms with Gasteiger partial charge in [0.15, 0.2) is 0 Å². The van der Waals surface area contributed by atoms with Crippen LogP contribution in [-0.2, 0) is 0 Å². The van der Waals surface area contributed by atoms with Crippen molar-refractivity contribution in [1.29, 1.82) is 0 Å². The summed E-state index contributed by atoms with van der Waals surface area (Å²) >= 11 is 1.31. The first-order valence-electron chi connectivity index (χ1n) is 5.84. The van der Waals surface area contributed by atoms with Gasteiger partial charge >= 0.3 is 0 Å². The second kappa shape index (κ2) is 6.36. The number of nitrogens with one attached hydrogen (secondary N) is 1. The van der Waals surface area contributed by atoms with Crippen molar-refractivity contribution in [2.75, 3.05) is 13.7 Å². The van der Waals surface area contributed by atoms with Gasteiger partial charge in [-0.2, -0.15) is 0 Å². The van der Waals surface area contributed by atoms with E-state index in [2.05, 4.69) is 5.32 Å². The van der Waals surface area contributed by atoms with Crippen molar-refractivity contribution >= 4 is 17.2 Å². The number of aliphatic hydroxyl groups is 1. The summed E-state index contributed by atoms with van der Waals surface area (Å²) in [5.41, 5.74) is 0.869. The second-order valence-electron chi connectivity index (χ2n) is 3.94. The Kier molecular flexibility index (Phi) is 4.54. The molecule has 100 valence electrons. The van der Waals surface area contributed by atoms with Crippen LogP contribution in [0.1, 0.15) is 21.3 Å². The summed E-state index contributed by atoms with van der Waals surface area (Å²) < 4.78 is 5.11. The van der Waals surface area contributed by atoms with Crippen molar-refractivity contribution in [3.05, 3.63) is 52.2 Å². The number of benzene rings is 1. The van der Waals surface area contributed by atoms with E-state index in [4.69, 9.17) is 4.74 Å². The molecule has 0 bridgehead atoms. The first kappa shape index (κ1) is 13.6. The smallest absolute Gasteiger partial charge is 0.265 e. The van der Waals surface area contributed by atoms with Crippen molar-refractivity contribution in [3.8, 4) is 5.75 Å². The minimum Gasteiger partial charge on any atom is -0.495 e. The van der Waals surface area contributed by atoms with Gasteiger partial charge < -0.3 is 15.2 Å². The minimum atomic E-state index is -0.416. The molecule has 2 aromatic rings. The molecule has 0 spiro atoms. The van der Waals surface area contributed by atoms with Gasteiger partial charge in [-0.25, -0.2) is 0 Å². The Hall–Kier alpha value is -1.85. The zero-order valence-corrected chi connectivity index (χ0v) is 11.3. The molecule has 0 unspecified atom stereocenters. The molecule has 1 heterocycles. The number of hydrogen-bond acceptors (Lipinski definition) is 4. The zero-order chi connectivity index (χ0) is 13.7. The molecule has 0 aliphatic heterocycles. The third-order valence-electron chi connectivity index (χ3n) is 2.75. The van der Waals surface area contributed by atoms with Crippen molar-refractivity contribution in [2.45, 2.75) is 6.04 Å². The van der Waals surface area contributed by atoms with Crippen LogP contribution in [0.15, 0.2) is 41.8 Å². The highest BCUT2D eigenvalue weighted by Gasteiger charge is 2.18. The summed E-state index contributed by atoms with van der Waals surface area (Å²) in [7, 11) is 1.53. The monoisotopic (exact) mass is 277 g/mol. The van der Waals surface area contributed by atoms with Crippen molar-refractivity contribution in [2.24, 2.45) is 0 Å². The summed E-state index contributed by atoms with van der Waals surface area (Å²) in [6, 6.07) is 10.7. The van der Waals surface area contributed by atoms with Crippen LogP contribution in [0.4, 0.5) is 0 Å². The molecule has 1 amide bonds. The first-order chi connectivity index (χ1) is 9.26. The predicted octanol–water partition coefficient (Wildman–Crippen LogP) is 2.22. The summed E-state index contributed by atoms with van der Waals surface area (Å²) in [6.45, 7) is -0.149. The largest absolute Gasteiger partial charge is 0.495 e. The summed E-state index contributed by atoms with van der Waals surface area (Å²) in [4.78, 5) is 12.6. The van der Waals surface area contributed by atoms with Gasteiger partial charge in [-0.05, 0) is 17.0 Å². The van der Waals surface area contributed by atoms with Gasteiger partial charge in [-0.15, -0.1) is 11.3 Å². The molecule has 0 aliphatic carbocycles. The standard InChI is InChI=1S/C14H15NO3S/c1-18-12-7-8-19-13(12)14(17)15-11(9-16)10-5-3-2-4-6-10/h2-8,11,16H,9H2,1H3,(H,15,17)/t11-/m1/s1. The van der Waals surface area contributed by atoms with E-state index in [0.717, 1.165) is 5.56 Å². The molecular weight excluding hydrogens is 262 g/mol. The number of hydrogen-bond donors (Lipinski definition) is 2. The van der Waals surface area contributed by atoms with Crippen LogP contribution in [0.2, 0.25) is 0 Å². The van der Waals surface area contributed by atoms with Gasteiger partial charge in [0.1, 0.15) is 10.6 Å². The van der Waals surface area contributed by atoms with Crippen LogP contribution in [0.3, 0.4) is 0 Å². The third kappa shape index (κ3) is 3.13. The number of thiophene rings is 1. The van der Waals surface area contributed by atoms with E-state index in [1.165, 1.54) is 18.4 Å². The van der Waals surface area contributed by atoms with Gasteiger partial charge in [0.05, 0.1) is 19.8 Å². The Morgan fingerprint density at radius 3 is 2.74 bits per heavy atom. The lowest BCUT2D eigenvalue weighted by molar-refractivity contribution is 0.0917. The van der Waals surface area contributed by atoms with Crippen LogP contribution in [0.5, 0.6) is 5.75 Å². The summed E-state index contributed by atoms with van der Waals surface area (Å²) in [6.07, 6.45) is 0. The van der Waals surface area contributed by atoms with Gasteiger partial charge in [0.25, 0.3) is 5.91 Å². The Morgan fingerprint density at radius 2 is 2.11 bits per heavy atom. The normalized spacial score (nSPS) is 11.9. The number of ether oxygens (including phenoxy) is 1. The lowest BCUT2D eigenvalue weighted by atomic mass is 10.1. The summed E-state index contributed by atoms with van der Waals surface area (Å²) in [5.74, 6) is 0.307. The number of amides is 1. The maximum atomic E-state index is 12.1. The van der Waals surface area contributed by atoms with Crippen molar-refractivity contribution < 1.29 is 14.6 Å². The third-order valence-corrected chi connectivity index (χ3v) is 3.64. The van der Waals surface area contributed by atoms with E-state index in [9.17, 15) is 9.90 Å². The Labute approximate surface area is 115 Å². The average Bonchev–Trinajstić information content (AvgIpc) is 2.94. The van der Waals surface area contributed by atoms with E-state index in [0.29, 0.717) is 10.6 Å². The van der Waals surface area contributed by atoms with E-state index in [1.54, 1.807) is 11.4 Å². The zero-order valence-electron chi connectivity index (χ0n) is 10.5. The van der Waals surface area contributed by atoms with Crippen LogP contribution < -0.4 is 10.1 Å². The molecule has 1 aromatic heterocycles. The lowest BCUT2D eigenvalue weighted by Crippen LogP contribution is -2.30. The highest BCUT2D eigenvalue weighted by atomic mass is 32.1. The molecule has 0 saturated heterocycles. The molecule has 1 atom stereocenters. The van der Waals surface area contributed by atoms with Gasteiger partial charge in [0, 0.05) is 0 Å². The Morgan fingerprint density at radius 1 is 1.37 bits per heavy atom. The number of rotatable bonds is 5. The van der Waals surface area contributed by atoms with E-state index >= 15 is 0 Å². The lowest BCUT2D eigenvalue weighted by Gasteiger charge is -2.16. The second-order valence-corrected chi connectivity index (χ2v) is 4.85. The molecule has 0 fully saturated rings. The fraction of sp³-hybridized carbons (Fsp3) is 0.214. The molecule has 19 heavy (non-hydrogen) atoms. The highest BCUT2D eigenvalue weighted by molar-refractivity contribution is 7.12. The molecule has 4 nitrogen and oxygen atoms in total. The number of methoxy groups -OCH3 is 1. The molecule has 2 rings (SSSR count). The Bertz CT molecular complexity index is 539. The predicted molar refractivity (Wildman–Crippen MR) is 74.6 cm³/mol. The average molecular weight is 277 g/mol. The quantitative estimate of drug-likeness (QED) is 0.881. The maximum Gasteiger partial charge on any atom is 0.265 e. The van der Waals surface area contributed by atoms with E-state index < -0.39 is 6.04 Å². The van der Waals surface area contributed by atoms with Crippen LogP contribution in [-0.4, -0.2) is 24.7 Å². The maximum absolute atomic E-state index is 12.1. The molecule has 0 radical (unpaired) electrons. The van der Waals surface area contributed by atoms with E-state index in [1.807, 2.05) is 30.3 Å². The molecule has 5 heteroatoms. The minimum absolute atomic E-state index is 0.149.